The SMILES string of the molecule is Cl.N[C@@H](CC(=O)N1CCSC1C(=O)N1CCNCC1)Cc1cc(F)c(F)cc1F. The van der Waals surface area contributed by atoms with Crippen LogP contribution in [0.3, 0.4) is 0 Å². The molecule has 2 aliphatic heterocycles. The molecule has 0 saturated carbocycles. The zero-order valence-corrected chi connectivity index (χ0v) is 17.3. The molecule has 6 nitrogen and oxygen atoms in total. The van der Waals surface area contributed by atoms with E-state index >= 15 is 0 Å². The average molecular weight is 453 g/mol. The zero-order chi connectivity index (χ0) is 20.3. The number of amides is 2. The summed E-state index contributed by atoms with van der Waals surface area (Å²) in [4.78, 5) is 28.7. The molecule has 0 aliphatic carbocycles. The first-order valence-corrected chi connectivity index (χ1v) is 10.2. The number of carbonyl (C=O) groups excluding carboxylic acids is 2. The molecule has 2 atom stereocenters. The number of hydrogen-bond acceptors (Lipinski definition) is 5. The van der Waals surface area contributed by atoms with Gasteiger partial charge in [-0.15, -0.1) is 24.2 Å². The Morgan fingerprint density at radius 1 is 1.14 bits per heavy atom. The van der Waals surface area contributed by atoms with E-state index in [2.05, 4.69) is 5.32 Å². The minimum atomic E-state index is -1.27. The van der Waals surface area contributed by atoms with Crippen LogP contribution in [-0.2, 0) is 16.0 Å². The van der Waals surface area contributed by atoms with Crippen molar-refractivity contribution in [2.45, 2.75) is 24.3 Å². The highest BCUT2D eigenvalue weighted by Gasteiger charge is 2.37. The second-order valence-electron chi connectivity index (χ2n) is 6.91. The third-order valence-electron chi connectivity index (χ3n) is 4.86. The number of carbonyl (C=O) groups is 2. The summed E-state index contributed by atoms with van der Waals surface area (Å²) in [6, 6.07) is 0.461. The first-order chi connectivity index (χ1) is 13.4. The Morgan fingerprint density at radius 2 is 1.79 bits per heavy atom. The maximum Gasteiger partial charge on any atom is 0.255 e. The van der Waals surface area contributed by atoms with Crippen molar-refractivity contribution in [1.82, 2.24) is 15.1 Å². The summed E-state index contributed by atoms with van der Waals surface area (Å²) >= 11 is 1.42. The first-order valence-electron chi connectivity index (χ1n) is 9.16. The van der Waals surface area contributed by atoms with Crippen molar-refractivity contribution in [3.05, 3.63) is 35.1 Å². The Labute approximate surface area is 177 Å². The van der Waals surface area contributed by atoms with Crippen molar-refractivity contribution < 1.29 is 22.8 Å². The Balaban J connectivity index is 0.00000300. The summed E-state index contributed by atoms with van der Waals surface area (Å²) in [7, 11) is 0. The maximum atomic E-state index is 13.8. The number of nitrogens with one attached hydrogen (secondary N) is 1. The van der Waals surface area contributed by atoms with E-state index in [-0.39, 0.29) is 42.6 Å². The Hall–Kier alpha value is -1.49. The number of nitrogens with zero attached hydrogens (tertiary/aromatic N) is 2. The summed E-state index contributed by atoms with van der Waals surface area (Å²) in [5.74, 6) is -3.06. The van der Waals surface area contributed by atoms with Crippen LogP contribution in [0.15, 0.2) is 12.1 Å². The van der Waals surface area contributed by atoms with E-state index in [0.717, 1.165) is 19.2 Å². The molecule has 0 bridgehead atoms. The van der Waals surface area contributed by atoms with Crippen molar-refractivity contribution in [3.8, 4) is 0 Å². The van der Waals surface area contributed by atoms with Gasteiger partial charge in [0.05, 0.1) is 0 Å². The van der Waals surface area contributed by atoms with Gasteiger partial charge in [-0.05, 0) is 18.1 Å². The van der Waals surface area contributed by atoms with E-state index in [1.807, 2.05) is 0 Å². The number of halogens is 4. The van der Waals surface area contributed by atoms with Gasteiger partial charge in [-0.2, -0.15) is 0 Å². The molecular formula is C18H24ClF3N4O2S. The fourth-order valence-corrected chi connectivity index (χ4v) is 4.61. The number of hydrogen-bond donors (Lipinski definition) is 2. The van der Waals surface area contributed by atoms with Crippen LogP contribution in [0.5, 0.6) is 0 Å². The molecule has 3 N–H and O–H groups in total. The third kappa shape index (κ3) is 5.78. The number of thioether (sulfide) groups is 1. The molecule has 2 amide bonds. The molecular weight excluding hydrogens is 429 g/mol. The Morgan fingerprint density at radius 3 is 2.48 bits per heavy atom. The monoisotopic (exact) mass is 452 g/mol. The molecule has 1 aromatic carbocycles. The fourth-order valence-electron chi connectivity index (χ4n) is 3.39. The lowest BCUT2D eigenvalue weighted by molar-refractivity contribution is -0.141. The molecule has 2 fully saturated rings. The Bertz CT molecular complexity index is 752. The van der Waals surface area contributed by atoms with E-state index in [1.165, 1.54) is 16.7 Å². The fraction of sp³-hybridized carbons (Fsp3) is 0.556. The Kier molecular flexibility index (Phi) is 8.62. The molecule has 2 heterocycles. The van der Waals surface area contributed by atoms with Gasteiger partial charge in [-0.25, -0.2) is 13.2 Å². The van der Waals surface area contributed by atoms with E-state index in [1.54, 1.807) is 4.90 Å². The lowest BCUT2D eigenvalue weighted by atomic mass is 10.0. The summed E-state index contributed by atoms with van der Waals surface area (Å²) in [5, 5.41) is 2.61. The van der Waals surface area contributed by atoms with Gasteiger partial charge < -0.3 is 20.9 Å². The van der Waals surface area contributed by atoms with Gasteiger partial charge in [0.15, 0.2) is 17.0 Å². The normalized spacial score (nSPS) is 20.3. The third-order valence-corrected chi connectivity index (χ3v) is 6.05. The molecule has 1 aromatic rings. The summed E-state index contributed by atoms with van der Waals surface area (Å²) in [6.45, 7) is 3.10. The van der Waals surface area contributed by atoms with Crippen LogP contribution in [0.25, 0.3) is 0 Å². The van der Waals surface area contributed by atoms with Crippen LogP contribution in [0.4, 0.5) is 13.2 Å². The predicted octanol–water partition coefficient (Wildman–Crippen LogP) is 1.12. The largest absolute Gasteiger partial charge is 0.338 e. The highest BCUT2D eigenvalue weighted by Crippen LogP contribution is 2.27. The van der Waals surface area contributed by atoms with E-state index < -0.39 is 28.9 Å². The average Bonchev–Trinajstić information content (AvgIpc) is 3.16. The molecule has 162 valence electrons. The van der Waals surface area contributed by atoms with Gasteiger partial charge in [0.2, 0.25) is 5.91 Å². The quantitative estimate of drug-likeness (QED) is 0.655. The van der Waals surface area contributed by atoms with E-state index in [0.29, 0.717) is 31.5 Å². The molecule has 29 heavy (non-hydrogen) atoms. The lowest BCUT2D eigenvalue weighted by Gasteiger charge is -2.32. The number of nitrogens with two attached hydrogens (primary N) is 1. The van der Waals surface area contributed by atoms with Gasteiger partial charge in [0.25, 0.3) is 5.91 Å². The minimum Gasteiger partial charge on any atom is -0.338 e. The molecule has 0 spiro atoms. The lowest BCUT2D eigenvalue weighted by Crippen LogP contribution is -2.53. The number of rotatable bonds is 5. The van der Waals surface area contributed by atoms with Crippen LogP contribution in [0.2, 0.25) is 0 Å². The molecule has 1 unspecified atom stereocenters. The summed E-state index contributed by atoms with van der Waals surface area (Å²) in [6.07, 6.45) is -0.212. The summed E-state index contributed by atoms with van der Waals surface area (Å²) in [5.41, 5.74) is 5.87. The zero-order valence-electron chi connectivity index (χ0n) is 15.7. The topological polar surface area (TPSA) is 78.7 Å². The molecule has 2 aliphatic rings. The van der Waals surface area contributed by atoms with Crippen LogP contribution in [-0.4, -0.2) is 71.5 Å². The van der Waals surface area contributed by atoms with Gasteiger partial charge in [0, 0.05) is 57.0 Å². The summed E-state index contributed by atoms with van der Waals surface area (Å²) < 4.78 is 40.1. The molecule has 11 heteroatoms. The predicted molar refractivity (Wildman–Crippen MR) is 107 cm³/mol. The van der Waals surface area contributed by atoms with Crippen LogP contribution in [0.1, 0.15) is 12.0 Å². The van der Waals surface area contributed by atoms with Crippen LogP contribution < -0.4 is 11.1 Å². The standard InChI is InChI=1S/C18H23F3N4O2S.ClH/c19-13-10-15(21)14(20)8-11(13)7-12(22)9-16(26)25-5-6-28-18(25)17(27)24-3-1-23-2-4-24;/h8,10,12,18,23H,1-7,9,22H2;1H/t12-,18?;/m1./s1. The van der Waals surface area contributed by atoms with Crippen molar-refractivity contribution in [3.63, 3.8) is 0 Å². The van der Waals surface area contributed by atoms with Gasteiger partial charge in [0.1, 0.15) is 5.82 Å². The van der Waals surface area contributed by atoms with Crippen LogP contribution >= 0.6 is 24.2 Å². The minimum absolute atomic E-state index is 0. The molecule has 2 saturated heterocycles. The second kappa shape index (κ2) is 10.5. The highest BCUT2D eigenvalue weighted by molar-refractivity contribution is 8.00. The highest BCUT2D eigenvalue weighted by atomic mass is 35.5. The molecule has 0 aromatic heterocycles. The second-order valence-corrected chi connectivity index (χ2v) is 8.10. The van der Waals surface area contributed by atoms with Gasteiger partial charge >= 0.3 is 0 Å². The van der Waals surface area contributed by atoms with Crippen LogP contribution in [0, 0.1) is 17.5 Å². The van der Waals surface area contributed by atoms with Crippen molar-refractivity contribution in [2.24, 2.45) is 5.73 Å². The van der Waals surface area contributed by atoms with Crippen molar-refractivity contribution in [1.29, 1.82) is 0 Å². The molecule has 0 radical (unpaired) electrons. The van der Waals surface area contributed by atoms with E-state index in [9.17, 15) is 22.8 Å². The number of benzene rings is 1. The molecule has 3 rings (SSSR count). The van der Waals surface area contributed by atoms with E-state index in [4.69, 9.17) is 5.73 Å². The smallest absolute Gasteiger partial charge is 0.255 e. The number of piperazine rings is 1. The van der Waals surface area contributed by atoms with Gasteiger partial charge in [-0.1, -0.05) is 0 Å². The van der Waals surface area contributed by atoms with Gasteiger partial charge in [-0.3, -0.25) is 9.59 Å². The van der Waals surface area contributed by atoms with Crippen molar-refractivity contribution in [2.75, 3.05) is 38.5 Å². The first kappa shape index (κ1) is 23.8. The maximum absolute atomic E-state index is 13.8. The van der Waals surface area contributed by atoms with Crippen molar-refractivity contribution >= 4 is 36.0 Å².